The van der Waals surface area contributed by atoms with Crippen LogP contribution < -0.4 is 10.6 Å². The summed E-state index contributed by atoms with van der Waals surface area (Å²) in [5.41, 5.74) is 2.56. The molecule has 0 bridgehead atoms. The van der Waals surface area contributed by atoms with Crippen LogP contribution in [0, 0.1) is 17.0 Å². The molecule has 1 aliphatic rings. The molecule has 0 radical (unpaired) electrons. The van der Waals surface area contributed by atoms with Crippen LogP contribution in [0.5, 0.6) is 0 Å². The number of para-hydroxylation sites is 1. The van der Waals surface area contributed by atoms with E-state index < -0.39 is 11.1 Å². The molecule has 106 valence electrons. The van der Waals surface area contributed by atoms with Gasteiger partial charge in [-0.1, -0.05) is 24.3 Å². The standard InChI is InChI=1S/C15H13N3O3/c1-9-6-7-10(8-13(9)18(20)21)14-16-12-5-3-2-4-11(12)15(19)17-14/h2-8,14,16H,1H3,(H,17,19)/t14-/m0/s1. The van der Waals surface area contributed by atoms with Crippen LogP contribution >= 0.6 is 0 Å². The molecular formula is C15H13N3O3. The minimum atomic E-state index is -0.480. The molecule has 1 amide bonds. The Morgan fingerprint density at radius 1 is 1.14 bits per heavy atom. The molecule has 1 aliphatic heterocycles. The van der Waals surface area contributed by atoms with Gasteiger partial charge < -0.3 is 10.6 Å². The number of fused-ring (bicyclic) bond motifs is 1. The number of amides is 1. The lowest BCUT2D eigenvalue weighted by Gasteiger charge is -2.28. The van der Waals surface area contributed by atoms with E-state index in [1.54, 1.807) is 31.2 Å². The summed E-state index contributed by atoms with van der Waals surface area (Å²) in [7, 11) is 0. The van der Waals surface area contributed by atoms with E-state index in [0.717, 1.165) is 5.69 Å². The summed E-state index contributed by atoms with van der Waals surface area (Å²) in [6.45, 7) is 1.68. The third kappa shape index (κ3) is 2.31. The fraction of sp³-hybridized carbons (Fsp3) is 0.133. The summed E-state index contributed by atoms with van der Waals surface area (Å²) in [5.74, 6) is -0.197. The first-order valence-corrected chi connectivity index (χ1v) is 6.47. The Kier molecular flexibility index (Phi) is 3.06. The highest BCUT2D eigenvalue weighted by Crippen LogP contribution is 2.29. The van der Waals surface area contributed by atoms with Crippen molar-refractivity contribution in [2.24, 2.45) is 0 Å². The number of nitrogens with zero attached hydrogens (tertiary/aromatic N) is 1. The normalized spacial score (nSPS) is 16.6. The number of nitrogens with one attached hydrogen (secondary N) is 2. The summed E-state index contributed by atoms with van der Waals surface area (Å²) >= 11 is 0. The topological polar surface area (TPSA) is 84.3 Å². The molecule has 0 fully saturated rings. The Labute approximate surface area is 120 Å². The molecule has 21 heavy (non-hydrogen) atoms. The average Bonchev–Trinajstić information content (AvgIpc) is 2.47. The van der Waals surface area contributed by atoms with Crippen molar-refractivity contribution in [2.75, 3.05) is 5.32 Å². The number of nitro benzene ring substituents is 1. The van der Waals surface area contributed by atoms with Gasteiger partial charge in [0.05, 0.1) is 10.5 Å². The molecule has 1 atom stereocenters. The lowest BCUT2D eigenvalue weighted by molar-refractivity contribution is -0.385. The number of hydrogen-bond donors (Lipinski definition) is 2. The molecule has 0 unspecified atom stereocenters. The number of benzene rings is 2. The van der Waals surface area contributed by atoms with Gasteiger partial charge in [0.2, 0.25) is 0 Å². The highest BCUT2D eigenvalue weighted by atomic mass is 16.6. The van der Waals surface area contributed by atoms with E-state index in [-0.39, 0.29) is 11.6 Å². The van der Waals surface area contributed by atoms with E-state index in [9.17, 15) is 14.9 Å². The van der Waals surface area contributed by atoms with E-state index >= 15 is 0 Å². The van der Waals surface area contributed by atoms with E-state index in [0.29, 0.717) is 16.7 Å². The van der Waals surface area contributed by atoms with Gasteiger partial charge in [-0.15, -0.1) is 0 Å². The second-order valence-electron chi connectivity index (χ2n) is 4.90. The maximum absolute atomic E-state index is 12.1. The molecule has 6 nitrogen and oxygen atoms in total. The van der Waals surface area contributed by atoms with Crippen LogP contribution in [0.3, 0.4) is 0 Å². The van der Waals surface area contributed by atoms with Crippen molar-refractivity contribution in [3.05, 3.63) is 69.3 Å². The maximum Gasteiger partial charge on any atom is 0.272 e. The van der Waals surface area contributed by atoms with Gasteiger partial charge in [0.25, 0.3) is 11.6 Å². The molecule has 3 rings (SSSR count). The summed E-state index contributed by atoms with van der Waals surface area (Å²) in [5, 5.41) is 17.0. The smallest absolute Gasteiger partial charge is 0.272 e. The second kappa shape index (κ2) is 4.90. The summed E-state index contributed by atoms with van der Waals surface area (Å²) in [6, 6.07) is 12.1. The highest BCUT2D eigenvalue weighted by Gasteiger charge is 2.25. The minimum Gasteiger partial charge on any atom is -0.361 e. The summed E-state index contributed by atoms with van der Waals surface area (Å²) in [4.78, 5) is 22.7. The van der Waals surface area contributed by atoms with Gasteiger partial charge in [-0.2, -0.15) is 0 Å². The molecule has 6 heteroatoms. The quantitative estimate of drug-likeness (QED) is 0.655. The largest absolute Gasteiger partial charge is 0.361 e. The highest BCUT2D eigenvalue weighted by molar-refractivity contribution is 6.01. The zero-order valence-corrected chi connectivity index (χ0v) is 11.3. The van der Waals surface area contributed by atoms with Crippen molar-refractivity contribution in [1.29, 1.82) is 0 Å². The third-order valence-corrected chi connectivity index (χ3v) is 3.51. The van der Waals surface area contributed by atoms with E-state index in [1.807, 2.05) is 12.1 Å². The van der Waals surface area contributed by atoms with Gasteiger partial charge in [0.15, 0.2) is 0 Å². The number of aryl methyl sites for hydroxylation is 1. The first-order chi connectivity index (χ1) is 10.1. The molecule has 0 saturated heterocycles. The van der Waals surface area contributed by atoms with Crippen LogP contribution in [0.1, 0.15) is 27.7 Å². The van der Waals surface area contributed by atoms with Crippen LogP contribution in [0.15, 0.2) is 42.5 Å². The van der Waals surface area contributed by atoms with E-state index in [1.165, 1.54) is 6.07 Å². The number of anilines is 1. The van der Waals surface area contributed by atoms with Crippen molar-refractivity contribution in [3.8, 4) is 0 Å². The number of rotatable bonds is 2. The molecular weight excluding hydrogens is 270 g/mol. The molecule has 0 aliphatic carbocycles. The third-order valence-electron chi connectivity index (χ3n) is 3.51. The molecule has 0 aromatic heterocycles. The first kappa shape index (κ1) is 13.1. The molecule has 0 spiro atoms. The monoisotopic (exact) mass is 283 g/mol. The van der Waals surface area contributed by atoms with Crippen molar-refractivity contribution < 1.29 is 9.72 Å². The summed E-state index contributed by atoms with van der Waals surface area (Å²) in [6.07, 6.45) is -0.480. The number of carbonyl (C=O) groups excluding carboxylic acids is 1. The molecule has 1 heterocycles. The first-order valence-electron chi connectivity index (χ1n) is 6.47. The van der Waals surface area contributed by atoms with Crippen molar-refractivity contribution in [1.82, 2.24) is 5.32 Å². The Morgan fingerprint density at radius 3 is 2.67 bits per heavy atom. The lowest BCUT2D eigenvalue weighted by Crippen LogP contribution is -2.38. The minimum absolute atomic E-state index is 0.0439. The van der Waals surface area contributed by atoms with Crippen LogP contribution in [-0.2, 0) is 0 Å². The number of nitro groups is 1. The maximum atomic E-state index is 12.1. The van der Waals surface area contributed by atoms with E-state index in [4.69, 9.17) is 0 Å². The van der Waals surface area contributed by atoms with Gasteiger partial charge in [-0.25, -0.2) is 0 Å². The van der Waals surface area contributed by atoms with Crippen LogP contribution in [0.4, 0.5) is 11.4 Å². The number of hydrogen-bond acceptors (Lipinski definition) is 4. The Morgan fingerprint density at radius 2 is 1.90 bits per heavy atom. The molecule has 2 aromatic carbocycles. The van der Waals surface area contributed by atoms with Gasteiger partial charge in [0.1, 0.15) is 6.17 Å². The van der Waals surface area contributed by atoms with Crippen LogP contribution in [0.2, 0.25) is 0 Å². The molecule has 2 N–H and O–H groups in total. The number of carbonyl (C=O) groups is 1. The van der Waals surface area contributed by atoms with Crippen molar-refractivity contribution in [3.63, 3.8) is 0 Å². The van der Waals surface area contributed by atoms with Crippen molar-refractivity contribution >= 4 is 17.3 Å². The lowest BCUT2D eigenvalue weighted by atomic mass is 10.0. The van der Waals surface area contributed by atoms with Gasteiger partial charge >= 0.3 is 0 Å². The Hall–Kier alpha value is -2.89. The molecule has 0 saturated carbocycles. The average molecular weight is 283 g/mol. The van der Waals surface area contributed by atoms with Crippen molar-refractivity contribution in [2.45, 2.75) is 13.1 Å². The SMILES string of the molecule is Cc1ccc([C@@H]2NC(=O)c3ccccc3N2)cc1[N+](=O)[O-]. The van der Waals surface area contributed by atoms with Crippen LogP contribution in [0.25, 0.3) is 0 Å². The molecule has 2 aromatic rings. The Balaban J connectivity index is 1.98. The van der Waals surface area contributed by atoms with Gasteiger partial charge in [0, 0.05) is 22.9 Å². The Bertz CT molecular complexity index is 743. The second-order valence-corrected chi connectivity index (χ2v) is 4.90. The summed E-state index contributed by atoms with van der Waals surface area (Å²) < 4.78 is 0. The fourth-order valence-electron chi connectivity index (χ4n) is 2.38. The van der Waals surface area contributed by atoms with E-state index in [2.05, 4.69) is 10.6 Å². The zero-order chi connectivity index (χ0) is 15.0. The predicted molar refractivity (Wildman–Crippen MR) is 78.1 cm³/mol. The van der Waals surface area contributed by atoms with Gasteiger partial charge in [-0.05, 0) is 19.1 Å². The zero-order valence-electron chi connectivity index (χ0n) is 11.3. The van der Waals surface area contributed by atoms with Gasteiger partial charge in [-0.3, -0.25) is 14.9 Å². The fourth-order valence-corrected chi connectivity index (χ4v) is 2.38. The predicted octanol–water partition coefficient (Wildman–Crippen LogP) is 2.76. The van der Waals surface area contributed by atoms with Crippen LogP contribution in [-0.4, -0.2) is 10.8 Å².